The first kappa shape index (κ1) is 31.6. The molecule has 10 rings (SSSR count). The highest BCUT2D eigenvalue weighted by Gasteiger charge is 2.22. The molecule has 0 amide bonds. The fourth-order valence-electron chi connectivity index (χ4n) is 7.91. The van der Waals surface area contributed by atoms with Gasteiger partial charge in [-0.25, -0.2) is 0 Å². The van der Waals surface area contributed by atoms with Gasteiger partial charge in [0.15, 0.2) is 0 Å². The summed E-state index contributed by atoms with van der Waals surface area (Å²) in [7, 11) is 0. The van der Waals surface area contributed by atoms with Crippen molar-refractivity contribution in [2.24, 2.45) is 0 Å². The zero-order valence-corrected chi connectivity index (χ0v) is 29.6. The maximum Gasteiger partial charge on any atom is 0.137 e. The van der Waals surface area contributed by atoms with Gasteiger partial charge in [0.05, 0.1) is 16.8 Å². The molecule has 0 aliphatic carbocycles. The fraction of sp³-hybridized carbons (Fsp3) is 0. The SMILES string of the molecule is c1ccc(-c2cccc(-c3ccc(N(c4ccccc4-c4cccc(-c5cccc6ccccc56)c4)c4cccc5oc6ccccc6c45)cc3)c2)cc1. The Morgan fingerprint density at radius 1 is 0.315 bits per heavy atom. The van der Waals surface area contributed by atoms with E-state index < -0.39 is 0 Å². The lowest BCUT2D eigenvalue weighted by atomic mass is 9.94. The second kappa shape index (κ2) is 13.4. The van der Waals surface area contributed by atoms with Gasteiger partial charge in [-0.2, -0.15) is 0 Å². The summed E-state index contributed by atoms with van der Waals surface area (Å²) in [5, 5.41) is 4.67. The van der Waals surface area contributed by atoms with Gasteiger partial charge < -0.3 is 9.32 Å². The Kier molecular flexibility index (Phi) is 7.85. The van der Waals surface area contributed by atoms with E-state index in [2.05, 4.69) is 211 Å². The van der Waals surface area contributed by atoms with Gasteiger partial charge >= 0.3 is 0 Å². The van der Waals surface area contributed by atoms with Crippen molar-refractivity contribution in [3.05, 3.63) is 212 Å². The number of hydrogen-bond donors (Lipinski definition) is 0. The molecule has 0 radical (unpaired) electrons. The summed E-state index contributed by atoms with van der Waals surface area (Å²) in [4.78, 5) is 2.40. The molecule has 54 heavy (non-hydrogen) atoms. The van der Waals surface area contributed by atoms with Crippen molar-refractivity contribution in [1.82, 2.24) is 0 Å². The normalized spacial score (nSPS) is 11.3. The molecule has 1 aromatic heterocycles. The second-order valence-electron chi connectivity index (χ2n) is 13.7. The minimum absolute atomic E-state index is 0.864. The third kappa shape index (κ3) is 5.62. The number of benzene rings is 9. The first-order chi connectivity index (χ1) is 26.8. The Morgan fingerprint density at radius 2 is 0.833 bits per heavy atom. The van der Waals surface area contributed by atoms with Gasteiger partial charge in [0.25, 0.3) is 0 Å². The standard InChI is InChI=1S/C52H35NO/c1-2-14-36(15-3-1)39-18-10-19-40(34-39)37-30-32-43(33-31-37)53(49-27-13-29-51-52(49)47-24-7-9-28-50(47)54-51)48-26-8-6-23-46(48)42-21-11-20-41(35-42)45-25-12-17-38-16-4-5-22-44(38)45/h1-35H. The summed E-state index contributed by atoms with van der Waals surface area (Å²) in [6, 6.07) is 75.9. The summed E-state index contributed by atoms with van der Waals surface area (Å²) >= 11 is 0. The third-order valence-corrected chi connectivity index (χ3v) is 10.5. The minimum Gasteiger partial charge on any atom is -0.456 e. The lowest BCUT2D eigenvalue weighted by Gasteiger charge is -2.29. The Hall–Kier alpha value is -7.16. The third-order valence-electron chi connectivity index (χ3n) is 10.5. The molecule has 0 aliphatic rings. The molecule has 0 fully saturated rings. The zero-order valence-electron chi connectivity index (χ0n) is 29.6. The number of nitrogens with zero attached hydrogens (tertiary/aromatic N) is 1. The first-order valence-electron chi connectivity index (χ1n) is 18.4. The van der Waals surface area contributed by atoms with Gasteiger partial charge in [-0.3, -0.25) is 0 Å². The van der Waals surface area contributed by atoms with Crippen molar-refractivity contribution < 1.29 is 4.42 Å². The van der Waals surface area contributed by atoms with Crippen LogP contribution in [0.4, 0.5) is 17.1 Å². The quantitative estimate of drug-likeness (QED) is 0.166. The number of fused-ring (bicyclic) bond motifs is 4. The lowest BCUT2D eigenvalue weighted by molar-refractivity contribution is 0.669. The minimum atomic E-state index is 0.864. The molecule has 0 unspecified atom stereocenters. The molecule has 0 saturated heterocycles. The van der Waals surface area contributed by atoms with E-state index in [1.54, 1.807) is 0 Å². The summed E-state index contributed by atoms with van der Waals surface area (Å²) in [6.07, 6.45) is 0. The number of para-hydroxylation sites is 2. The largest absolute Gasteiger partial charge is 0.456 e. The van der Waals surface area contributed by atoms with Crippen molar-refractivity contribution in [2.45, 2.75) is 0 Å². The van der Waals surface area contributed by atoms with Crippen molar-refractivity contribution in [3.8, 4) is 44.5 Å². The molecule has 2 heteroatoms. The van der Waals surface area contributed by atoms with E-state index in [4.69, 9.17) is 4.42 Å². The van der Waals surface area contributed by atoms with E-state index in [9.17, 15) is 0 Å². The summed E-state index contributed by atoms with van der Waals surface area (Å²) in [5.74, 6) is 0. The maximum absolute atomic E-state index is 6.43. The molecule has 0 saturated carbocycles. The molecule has 0 aliphatic heterocycles. The number of anilines is 3. The molecule has 9 aromatic carbocycles. The summed E-state index contributed by atoms with van der Waals surface area (Å²) in [5.41, 5.74) is 14.4. The number of hydrogen-bond acceptors (Lipinski definition) is 2. The molecule has 0 N–H and O–H groups in total. The van der Waals surface area contributed by atoms with Crippen molar-refractivity contribution in [2.75, 3.05) is 4.90 Å². The predicted molar refractivity (Wildman–Crippen MR) is 228 cm³/mol. The monoisotopic (exact) mass is 689 g/mol. The van der Waals surface area contributed by atoms with E-state index in [0.717, 1.165) is 50.1 Å². The van der Waals surface area contributed by atoms with Crippen LogP contribution in [0.25, 0.3) is 77.2 Å². The maximum atomic E-state index is 6.43. The van der Waals surface area contributed by atoms with Crippen LogP contribution in [0.3, 0.4) is 0 Å². The summed E-state index contributed by atoms with van der Waals surface area (Å²) < 4.78 is 6.43. The highest BCUT2D eigenvalue weighted by atomic mass is 16.3. The number of rotatable bonds is 7. The second-order valence-corrected chi connectivity index (χ2v) is 13.7. The molecule has 0 atom stereocenters. The van der Waals surface area contributed by atoms with Gasteiger partial charge in [-0.1, -0.05) is 164 Å². The van der Waals surface area contributed by atoms with Gasteiger partial charge in [0.2, 0.25) is 0 Å². The predicted octanol–water partition coefficient (Wildman–Crippen LogP) is 14.9. The fourth-order valence-corrected chi connectivity index (χ4v) is 7.91. The average Bonchev–Trinajstić information content (AvgIpc) is 3.64. The Morgan fingerprint density at radius 3 is 1.67 bits per heavy atom. The van der Waals surface area contributed by atoms with Crippen LogP contribution in [0.1, 0.15) is 0 Å². The van der Waals surface area contributed by atoms with E-state index >= 15 is 0 Å². The van der Waals surface area contributed by atoms with Crippen LogP contribution >= 0.6 is 0 Å². The molecular formula is C52H35NO. The van der Waals surface area contributed by atoms with Gasteiger partial charge in [-0.15, -0.1) is 0 Å². The van der Waals surface area contributed by atoms with E-state index in [-0.39, 0.29) is 0 Å². The van der Waals surface area contributed by atoms with Crippen molar-refractivity contribution in [1.29, 1.82) is 0 Å². The van der Waals surface area contributed by atoms with Crippen LogP contribution in [0.2, 0.25) is 0 Å². The van der Waals surface area contributed by atoms with Crippen LogP contribution < -0.4 is 4.90 Å². The van der Waals surface area contributed by atoms with Crippen LogP contribution in [-0.2, 0) is 0 Å². The Bertz CT molecular complexity index is 2930. The molecule has 10 aromatic rings. The van der Waals surface area contributed by atoms with Gasteiger partial charge in [0.1, 0.15) is 11.2 Å². The highest BCUT2D eigenvalue weighted by molar-refractivity contribution is 6.14. The molecule has 1 heterocycles. The average molecular weight is 690 g/mol. The topological polar surface area (TPSA) is 16.4 Å². The van der Waals surface area contributed by atoms with Gasteiger partial charge in [-0.05, 0) is 98.2 Å². The Balaban J connectivity index is 1.14. The van der Waals surface area contributed by atoms with Crippen LogP contribution in [0.15, 0.2) is 217 Å². The highest BCUT2D eigenvalue weighted by Crippen LogP contribution is 2.46. The van der Waals surface area contributed by atoms with Crippen LogP contribution in [0.5, 0.6) is 0 Å². The Labute approximate surface area is 314 Å². The molecule has 254 valence electrons. The van der Waals surface area contributed by atoms with Crippen molar-refractivity contribution >= 4 is 49.8 Å². The summed E-state index contributed by atoms with van der Waals surface area (Å²) in [6.45, 7) is 0. The van der Waals surface area contributed by atoms with E-state index in [1.807, 2.05) is 6.07 Å². The van der Waals surface area contributed by atoms with Crippen molar-refractivity contribution in [3.63, 3.8) is 0 Å². The zero-order chi connectivity index (χ0) is 35.8. The molecular weight excluding hydrogens is 655 g/mol. The lowest BCUT2D eigenvalue weighted by Crippen LogP contribution is -2.11. The van der Waals surface area contributed by atoms with E-state index in [1.165, 1.54) is 44.2 Å². The van der Waals surface area contributed by atoms with Gasteiger partial charge in [0, 0.05) is 16.6 Å². The first-order valence-corrected chi connectivity index (χ1v) is 18.4. The number of furan rings is 1. The van der Waals surface area contributed by atoms with E-state index in [0.29, 0.717) is 0 Å². The van der Waals surface area contributed by atoms with Crippen LogP contribution in [-0.4, -0.2) is 0 Å². The van der Waals surface area contributed by atoms with Crippen LogP contribution in [0, 0.1) is 0 Å². The molecule has 0 spiro atoms. The molecule has 2 nitrogen and oxygen atoms in total. The molecule has 0 bridgehead atoms. The smallest absolute Gasteiger partial charge is 0.137 e.